The second-order valence-corrected chi connectivity index (χ2v) is 8.92. The molecule has 1 aliphatic rings. The molecule has 1 aliphatic heterocycles. The van der Waals surface area contributed by atoms with Gasteiger partial charge in [0.25, 0.3) is 5.91 Å². The van der Waals surface area contributed by atoms with Gasteiger partial charge in [0.2, 0.25) is 0 Å². The first-order chi connectivity index (χ1) is 16.1. The summed E-state index contributed by atoms with van der Waals surface area (Å²) in [6, 6.07) is 16.2. The fourth-order valence-corrected chi connectivity index (χ4v) is 4.61. The maximum Gasteiger partial charge on any atom is 0.340 e. The molecule has 0 atom stereocenters. The molecule has 2 heterocycles. The van der Waals surface area contributed by atoms with E-state index in [9.17, 15) is 9.59 Å². The van der Waals surface area contributed by atoms with Gasteiger partial charge in [-0.25, -0.2) is 4.79 Å². The summed E-state index contributed by atoms with van der Waals surface area (Å²) in [7, 11) is 1.34. The molecule has 4 rings (SSSR count). The lowest BCUT2D eigenvalue weighted by Crippen LogP contribution is -2.24. The van der Waals surface area contributed by atoms with E-state index in [1.807, 2.05) is 64.1 Å². The zero-order valence-electron chi connectivity index (χ0n) is 20.8. The van der Waals surface area contributed by atoms with Crippen molar-refractivity contribution in [3.8, 4) is 5.69 Å². The van der Waals surface area contributed by atoms with E-state index in [0.717, 1.165) is 39.5 Å². The van der Waals surface area contributed by atoms with E-state index < -0.39 is 5.97 Å². The minimum atomic E-state index is -0.518. The van der Waals surface area contributed by atoms with Crippen molar-refractivity contribution in [2.75, 3.05) is 12.0 Å². The second-order valence-electron chi connectivity index (χ2n) is 8.92. The summed E-state index contributed by atoms with van der Waals surface area (Å²) in [6.45, 7) is 12.0. The Morgan fingerprint density at radius 1 is 0.882 bits per heavy atom. The Balaban J connectivity index is 1.86. The molecule has 2 aromatic carbocycles. The molecule has 0 bridgehead atoms. The highest BCUT2D eigenvalue weighted by Gasteiger charge is 2.38. The number of carbonyl (C=O) groups excluding carboxylic acids is 2. The highest BCUT2D eigenvalue weighted by atomic mass is 16.5. The second kappa shape index (κ2) is 8.82. The van der Waals surface area contributed by atoms with Gasteiger partial charge in [0.05, 0.1) is 18.3 Å². The standard InChI is InChI=1S/C29H30N2O3/c1-17-9-8-10-24(13-17)30-20(4)15-23(21(30)5)16-26-27(29(33)34-7)22(6)31(28(26)32)25-12-11-18(2)19(3)14-25/h8-16H,1-7H3. The van der Waals surface area contributed by atoms with E-state index in [0.29, 0.717) is 16.8 Å². The summed E-state index contributed by atoms with van der Waals surface area (Å²) >= 11 is 0. The third-order valence-corrected chi connectivity index (χ3v) is 6.57. The first kappa shape index (κ1) is 23.3. The molecule has 0 saturated heterocycles. The van der Waals surface area contributed by atoms with Crippen LogP contribution in [0.3, 0.4) is 0 Å². The van der Waals surface area contributed by atoms with Crippen molar-refractivity contribution in [1.82, 2.24) is 4.57 Å². The van der Waals surface area contributed by atoms with E-state index in [2.05, 4.69) is 29.7 Å². The van der Waals surface area contributed by atoms with Crippen molar-refractivity contribution in [3.63, 3.8) is 0 Å². The fraction of sp³-hybridized carbons (Fsp3) is 0.241. The minimum absolute atomic E-state index is 0.235. The Kier molecular flexibility index (Phi) is 6.05. The maximum absolute atomic E-state index is 13.7. The number of anilines is 1. The third-order valence-electron chi connectivity index (χ3n) is 6.57. The van der Waals surface area contributed by atoms with Gasteiger partial charge in [0.15, 0.2) is 0 Å². The lowest BCUT2D eigenvalue weighted by molar-refractivity contribution is -0.136. The Hall–Kier alpha value is -3.86. The molecule has 34 heavy (non-hydrogen) atoms. The van der Waals surface area contributed by atoms with Crippen LogP contribution in [-0.4, -0.2) is 23.6 Å². The van der Waals surface area contributed by atoms with E-state index in [1.165, 1.54) is 12.7 Å². The summed E-state index contributed by atoms with van der Waals surface area (Å²) < 4.78 is 7.23. The molecule has 0 radical (unpaired) electrons. The average molecular weight is 455 g/mol. The first-order valence-electron chi connectivity index (χ1n) is 11.3. The topological polar surface area (TPSA) is 51.5 Å². The SMILES string of the molecule is COC(=O)C1=C(C)N(c2ccc(C)c(C)c2)C(=O)C1=Cc1cc(C)n(-c2cccc(C)c2)c1C. The zero-order chi connectivity index (χ0) is 24.7. The summed E-state index contributed by atoms with van der Waals surface area (Å²) in [4.78, 5) is 28.0. The molecular formula is C29H30N2O3. The van der Waals surface area contributed by atoms with Crippen LogP contribution < -0.4 is 4.90 Å². The van der Waals surface area contributed by atoms with Crippen LogP contribution in [0.2, 0.25) is 0 Å². The smallest absolute Gasteiger partial charge is 0.340 e. The van der Waals surface area contributed by atoms with E-state index in [4.69, 9.17) is 4.74 Å². The molecular weight excluding hydrogens is 424 g/mol. The number of rotatable bonds is 4. The molecule has 0 unspecified atom stereocenters. The fourth-order valence-electron chi connectivity index (χ4n) is 4.61. The number of allylic oxidation sites excluding steroid dienone is 1. The van der Waals surface area contributed by atoms with Crippen LogP contribution in [0.15, 0.2) is 65.4 Å². The van der Waals surface area contributed by atoms with Crippen LogP contribution in [-0.2, 0) is 14.3 Å². The molecule has 3 aromatic rings. The predicted molar refractivity (Wildman–Crippen MR) is 136 cm³/mol. The summed E-state index contributed by atoms with van der Waals surface area (Å²) in [5.74, 6) is -0.752. The van der Waals surface area contributed by atoms with Gasteiger partial charge in [0.1, 0.15) is 0 Å². The van der Waals surface area contributed by atoms with Crippen LogP contribution in [0.25, 0.3) is 11.8 Å². The number of esters is 1. The number of aromatic nitrogens is 1. The van der Waals surface area contributed by atoms with Crippen molar-refractivity contribution in [2.24, 2.45) is 0 Å². The Bertz CT molecular complexity index is 1390. The van der Waals surface area contributed by atoms with E-state index >= 15 is 0 Å². The number of amides is 1. The maximum atomic E-state index is 13.7. The summed E-state index contributed by atoms with van der Waals surface area (Å²) in [5, 5.41) is 0. The molecule has 0 fully saturated rings. The van der Waals surface area contributed by atoms with Gasteiger partial charge in [-0.1, -0.05) is 18.2 Å². The van der Waals surface area contributed by atoms with Crippen LogP contribution in [0.1, 0.15) is 40.6 Å². The molecule has 1 amide bonds. The number of methoxy groups -OCH3 is 1. The molecule has 0 spiro atoms. The quantitative estimate of drug-likeness (QED) is 0.364. The summed E-state index contributed by atoms with van der Waals surface area (Å²) in [6.07, 6.45) is 1.81. The highest BCUT2D eigenvalue weighted by Crippen LogP contribution is 2.37. The Labute approximate surface area is 201 Å². The van der Waals surface area contributed by atoms with E-state index in [-0.39, 0.29) is 5.91 Å². The van der Waals surface area contributed by atoms with Crippen molar-refractivity contribution >= 4 is 23.6 Å². The molecule has 0 N–H and O–H groups in total. The van der Waals surface area contributed by atoms with E-state index in [1.54, 1.807) is 11.8 Å². The molecule has 0 saturated carbocycles. The normalized spacial score (nSPS) is 15.0. The van der Waals surface area contributed by atoms with Gasteiger partial charge in [0, 0.05) is 28.5 Å². The monoisotopic (exact) mass is 454 g/mol. The molecule has 5 nitrogen and oxygen atoms in total. The van der Waals surface area contributed by atoms with Crippen molar-refractivity contribution in [3.05, 3.63) is 99.0 Å². The van der Waals surface area contributed by atoms with Crippen LogP contribution in [0.5, 0.6) is 0 Å². The molecule has 0 aliphatic carbocycles. The largest absolute Gasteiger partial charge is 0.465 e. The number of benzene rings is 2. The average Bonchev–Trinajstić information content (AvgIpc) is 3.21. The Morgan fingerprint density at radius 3 is 2.26 bits per heavy atom. The molecule has 1 aromatic heterocycles. The number of hydrogen-bond acceptors (Lipinski definition) is 3. The predicted octanol–water partition coefficient (Wildman–Crippen LogP) is 5.90. The Morgan fingerprint density at radius 2 is 1.62 bits per heavy atom. The van der Waals surface area contributed by atoms with Crippen molar-refractivity contribution in [2.45, 2.75) is 41.5 Å². The first-order valence-corrected chi connectivity index (χ1v) is 11.3. The third kappa shape index (κ3) is 3.87. The van der Waals surface area contributed by atoms with Gasteiger partial charge < -0.3 is 9.30 Å². The molecule has 5 heteroatoms. The lowest BCUT2D eigenvalue weighted by atomic mass is 10.0. The number of nitrogens with zero attached hydrogens (tertiary/aromatic N) is 2. The van der Waals surface area contributed by atoms with Gasteiger partial charge in [-0.3, -0.25) is 9.69 Å². The van der Waals surface area contributed by atoms with Gasteiger partial charge in [-0.15, -0.1) is 0 Å². The number of aryl methyl sites for hydroxylation is 4. The van der Waals surface area contributed by atoms with Crippen molar-refractivity contribution < 1.29 is 14.3 Å². The van der Waals surface area contributed by atoms with Crippen LogP contribution in [0.4, 0.5) is 5.69 Å². The zero-order valence-corrected chi connectivity index (χ0v) is 20.8. The van der Waals surface area contributed by atoms with Gasteiger partial charge in [-0.05, 0) is 100 Å². The minimum Gasteiger partial charge on any atom is -0.465 e. The number of hydrogen-bond donors (Lipinski definition) is 0. The number of carbonyl (C=O) groups is 2. The molecule has 174 valence electrons. The van der Waals surface area contributed by atoms with Crippen LogP contribution in [0, 0.1) is 34.6 Å². The van der Waals surface area contributed by atoms with Crippen LogP contribution >= 0.6 is 0 Å². The lowest BCUT2D eigenvalue weighted by Gasteiger charge is -2.19. The van der Waals surface area contributed by atoms with Gasteiger partial charge in [-0.2, -0.15) is 0 Å². The van der Waals surface area contributed by atoms with Gasteiger partial charge >= 0.3 is 5.97 Å². The van der Waals surface area contributed by atoms with Crippen molar-refractivity contribution in [1.29, 1.82) is 0 Å². The highest BCUT2D eigenvalue weighted by molar-refractivity contribution is 6.23. The summed E-state index contributed by atoms with van der Waals surface area (Å²) in [5.41, 5.74) is 9.33. The number of ether oxygens (including phenoxy) is 1.